The number of thioether (sulfide) groups is 1. The third kappa shape index (κ3) is 7.68. The van der Waals surface area contributed by atoms with E-state index in [1.807, 2.05) is 0 Å². The summed E-state index contributed by atoms with van der Waals surface area (Å²) in [5.41, 5.74) is -2.45. The van der Waals surface area contributed by atoms with Crippen LogP contribution in [-0.4, -0.2) is 24.8 Å². The van der Waals surface area contributed by atoms with Crippen molar-refractivity contribution in [3.8, 4) is 11.3 Å². The molecule has 0 saturated carbocycles. The molecule has 1 aromatic carbocycles. The van der Waals surface area contributed by atoms with Crippen molar-refractivity contribution < 1.29 is 40.3 Å². The van der Waals surface area contributed by atoms with Gasteiger partial charge in [0.25, 0.3) is 0 Å². The van der Waals surface area contributed by atoms with Gasteiger partial charge in [-0.15, -0.1) is 0 Å². The van der Waals surface area contributed by atoms with Gasteiger partial charge in [0, 0.05) is 18.7 Å². The molecule has 1 amide bonds. The molecule has 29 heavy (non-hydrogen) atoms. The van der Waals surface area contributed by atoms with Crippen LogP contribution in [-0.2, 0) is 21.9 Å². The number of alkyl halides is 6. The summed E-state index contributed by atoms with van der Waals surface area (Å²) >= 11 is 1.18. The highest BCUT2D eigenvalue weighted by molar-refractivity contribution is 8.11. The van der Waals surface area contributed by atoms with Crippen molar-refractivity contribution in [1.29, 1.82) is 0 Å². The Labute approximate surface area is 166 Å². The maximum absolute atomic E-state index is 12.9. The first-order valence-electron chi connectivity index (χ1n) is 7.68. The lowest BCUT2D eigenvalue weighted by atomic mass is 10.0. The molecule has 2 aromatic rings. The van der Waals surface area contributed by atoms with Gasteiger partial charge in [0.1, 0.15) is 11.5 Å². The second kappa shape index (κ2) is 10.2. The fourth-order valence-electron chi connectivity index (χ4n) is 1.94. The molecule has 0 aliphatic rings. The number of hydrogen-bond donors (Lipinski definition) is 1. The Kier molecular flexibility index (Phi) is 8.56. The van der Waals surface area contributed by atoms with E-state index in [-0.39, 0.29) is 23.2 Å². The van der Waals surface area contributed by atoms with Crippen molar-refractivity contribution in [2.45, 2.75) is 12.4 Å². The average molecular weight is 439 g/mol. The highest BCUT2D eigenvalue weighted by atomic mass is 32.2. The normalized spacial score (nSPS) is 11.7. The van der Waals surface area contributed by atoms with Crippen LogP contribution in [0.15, 0.2) is 40.8 Å². The molecule has 0 fully saturated rings. The summed E-state index contributed by atoms with van der Waals surface area (Å²) in [5.74, 6) is -0.533. The van der Waals surface area contributed by atoms with Crippen LogP contribution in [0.3, 0.4) is 0 Å². The smallest absolute Gasteiger partial charge is 0.416 e. The lowest BCUT2D eigenvalue weighted by molar-refractivity contribution is -0.143. The Morgan fingerprint density at radius 1 is 1.03 bits per heavy atom. The Hall–Kier alpha value is -2.69. The fraction of sp³-hybridized carbons (Fsp3) is 0.222. The minimum Gasteiger partial charge on any atom is -0.457 e. The third-order valence-electron chi connectivity index (χ3n) is 3.24. The van der Waals surface area contributed by atoms with Crippen LogP contribution in [0.5, 0.6) is 0 Å². The van der Waals surface area contributed by atoms with Crippen LogP contribution < -0.4 is 5.32 Å². The molecule has 158 valence electrons. The molecule has 11 heteroatoms. The number of rotatable bonds is 4. The van der Waals surface area contributed by atoms with E-state index in [1.165, 1.54) is 37.0 Å². The van der Waals surface area contributed by atoms with Crippen LogP contribution in [0.25, 0.3) is 17.4 Å². The van der Waals surface area contributed by atoms with E-state index in [9.17, 15) is 31.1 Å². The molecule has 0 aliphatic heterocycles. The highest BCUT2D eigenvalue weighted by Gasteiger charge is 2.37. The average Bonchev–Trinajstić information content (AvgIpc) is 3.13. The quantitative estimate of drug-likeness (QED) is 0.400. The fourth-order valence-corrected chi connectivity index (χ4v) is 1.94. The molecule has 2 rings (SSSR count). The summed E-state index contributed by atoms with van der Waals surface area (Å²) in [6, 6.07) is 3.72. The summed E-state index contributed by atoms with van der Waals surface area (Å²) in [6.45, 7) is 0. The number of hydrogen-bond acceptors (Lipinski definition) is 4. The second-order valence-electron chi connectivity index (χ2n) is 5.28. The lowest BCUT2D eigenvalue weighted by Gasteiger charge is -2.13. The van der Waals surface area contributed by atoms with Crippen molar-refractivity contribution in [3.05, 3.63) is 53.3 Å². The number of likely N-dealkylation sites (N-methyl/N-ethyl adjacent to an activating group) is 1. The molecule has 1 aromatic heterocycles. The number of halogens is 6. The molecule has 0 aliphatic carbocycles. The maximum Gasteiger partial charge on any atom is 0.416 e. The molecule has 0 radical (unpaired) electrons. The van der Waals surface area contributed by atoms with Crippen molar-refractivity contribution >= 4 is 29.4 Å². The molecule has 0 saturated heterocycles. The number of benzene rings is 1. The van der Waals surface area contributed by atoms with Gasteiger partial charge in [0.05, 0.1) is 11.1 Å². The zero-order valence-corrected chi connectivity index (χ0v) is 15.8. The first-order valence-corrected chi connectivity index (χ1v) is 8.97. The monoisotopic (exact) mass is 439 g/mol. The summed E-state index contributed by atoms with van der Waals surface area (Å²) in [7, 11) is 1.39. The van der Waals surface area contributed by atoms with Crippen molar-refractivity contribution in [3.63, 3.8) is 0 Å². The van der Waals surface area contributed by atoms with Crippen molar-refractivity contribution in [2.75, 3.05) is 13.3 Å². The molecule has 0 spiro atoms. The number of nitrogens with one attached hydrogen (secondary N) is 1. The standard InChI is InChI=1S/C16H11F6NO2.C2H4OS/c1-23-14(24)5-3-12-2-4-13(25-12)9-6-10(15(17,18)19)8-11(7-9)16(20,21)22;1-4-2-3/h2-8H,1H3,(H,23,24);2H,1H3. The SMILES string of the molecule is CNC(=O)C=Cc1ccc(-c2cc(C(F)(F)F)cc(C(F)(F)F)c2)o1.CSC=O. The Bertz CT molecular complexity index is 839. The zero-order valence-electron chi connectivity index (χ0n) is 15.0. The molecule has 4 nitrogen and oxygen atoms in total. The van der Waals surface area contributed by atoms with Gasteiger partial charge in [-0.05, 0) is 42.7 Å². The van der Waals surface area contributed by atoms with E-state index < -0.39 is 29.4 Å². The van der Waals surface area contributed by atoms with Crippen molar-refractivity contribution in [1.82, 2.24) is 5.32 Å². The van der Waals surface area contributed by atoms with Gasteiger partial charge >= 0.3 is 12.4 Å². The van der Waals surface area contributed by atoms with Crippen LogP contribution in [0.2, 0.25) is 0 Å². The van der Waals surface area contributed by atoms with Crippen LogP contribution in [0, 0.1) is 0 Å². The molecule has 0 atom stereocenters. The Morgan fingerprint density at radius 2 is 1.55 bits per heavy atom. The Balaban J connectivity index is 0.000000960. The first kappa shape index (κ1) is 24.3. The zero-order chi connectivity index (χ0) is 22.2. The van der Waals surface area contributed by atoms with E-state index in [0.717, 1.165) is 11.7 Å². The summed E-state index contributed by atoms with van der Waals surface area (Å²) in [6.07, 6.45) is -5.81. The Morgan fingerprint density at radius 3 is 1.97 bits per heavy atom. The molecule has 0 bridgehead atoms. The molecule has 1 heterocycles. The van der Waals surface area contributed by atoms with Gasteiger partial charge in [-0.25, -0.2) is 0 Å². The third-order valence-corrected chi connectivity index (χ3v) is 3.43. The summed E-state index contributed by atoms with van der Waals surface area (Å²) in [5, 5.41) is 2.30. The van der Waals surface area contributed by atoms with Gasteiger partial charge in [-0.1, -0.05) is 11.8 Å². The first-order chi connectivity index (χ1) is 13.4. The minimum absolute atomic E-state index is 0.0405. The van der Waals surface area contributed by atoms with Crippen molar-refractivity contribution in [2.24, 2.45) is 0 Å². The van der Waals surface area contributed by atoms with E-state index in [4.69, 9.17) is 9.21 Å². The van der Waals surface area contributed by atoms with Gasteiger partial charge < -0.3 is 9.73 Å². The summed E-state index contributed by atoms with van der Waals surface area (Å²) in [4.78, 5) is 20.2. The highest BCUT2D eigenvalue weighted by Crippen LogP contribution is 2.38. The minimum atomic E-state index is -4.94. The maximum atomic E-state index is 12.9. The molecule has 0 unspecified atom stereocenters. The van der Waals surface area contributed by atoms with Gasteiger partial charge in [0.2, 0.25) is 5.91 Å². The number of furan rings is 1. The van der Waals surface area contributed by atoms with E-state index in [0.29, 0.717) is 12.1 Å². The van der Waals surface area contributed by atoms with Crippen LogP contribution in [0.4, 0.5) is 26.3 Å². The van der Waals surface area contributed by atoms with Gasteiger partial charge in [-0.3, -0.25) is 9.59 Å². The molecular formula is C18H15F6NO3S. The predicted octanol–water partition coefficient (Wildman–Crippen LogP) is 5.28. The van der Waals surface area contributed by atoms with Crippen LogP contribution >= 0.6 is 11.8 Å². The number of carbonyl (C=O) groups is 2. The van der Waals surface area contributed by atoms with Gasteiger partial charge in [-0.2, -0.15) is 26.3 Å². The van der Waals surface area contributed by atoms with Crippen LogP contribution in [0.1, 0.15) is 16.9 Å². The molecular weight excluding hydrogens is 424 g/mol. The largest absolute Gasteiger partial charge is 0.457 e. The molecule has 1 N–H and O–H groups in total. The predicted molar refractivity (Wildman–Crippen MR) is 97.5 cm³/mol. The van der Waals surface area contributed by atoms with E-state index >= 15 is 0 Å². The van der Waals surface area contributed by atoms with E-state index in [1.54, 1.807) is 6.26 Å². The number of carbonyl (C=O) groups excluding carboxylic acids is 2. The lowest BCUT2D eigenvalue weighted by Crippen LogP contribution is -2.13. The second-order valence-corrected chi connectivity index (χ2v) is 5.94. The summed E-state index contributed by atoms with van der Waals surface area (Å²) < 4.78 is 82.3. The number of amides is 1. The topological polar surface area (TPSA) is 59.3 Å². The van der Waals surface area contributed by atoms with Gasteiger partial charge in [0.15, 0.2) is 5.62 Å². The van der Waals surface area contributed by atoms with E-state index in [2.05, 4.69) is 5.32 Å².